The van der Waals surface area contributed by atoms with Gasteiger partial charge in [0.25, 0.3) is 0 Å². The first kappa shape index (κ1) is 7.61. The van der Waals surface area contributed by atoms with Gasteiger partial charge in [-0.25, -0.2) is 0 Å². The summed E-state index contributed by atoms with van der Waals surface area (Å²) in [7, 11) is 0. The van der Waals surface area contributed by atoms with E-state index >= 15 is 0 Å². The van der Waals surface area contributed by atoms with Crippen LogP contribution in [0, 0.1) is 0 Å². The zero-order valence-corrected chi connectivity index (χ0v) is 7.43. The van der Waals surface area contributed by atoms with Gasteiger partial charge in [0.1, 0.15) is 0 Å². The van der Waals surface area contributed by atoms with Crippen LogP contribution < -0.4 is 5.73 Å². The normalized spacial score (nSPS) is 13.0. The van der Waals surface area contributed by atoms with Crippen LogP contribution in [0.2, 0.25) is 0 Å². The summed E-state index contributed by atoms with van der Waals surface area (Å²) in [6.45, 7) is 2.08. The number of alkyl halides is 1. The summed E-state index contributed by atoms with van der Waals surface area (Å²) in [5.41, 5.74) is 7.62. The molecule has 1 atom stereocenters. The highest BCUT2D eigenvalue weighted by molar-refractivity contribution is 9.09. The van der Waals surface area contributed by atoms with E-state index in [-0.39, 0.29) is 0 Å². The van der Waals surface area contributed by atoms with Crippen LogP contribution in [0.5, 0.6) is 0 Å². The number of nitrogen functional groups attached to an aromatic ring is 1. The van der Waals surface area contributed by atoms with Crippen molar-refractivity contribution < 1.29 is 0 Å². The van der Waals surface area contributed by atoms with Crippen molar-refractivity contribution in [3.05, 3.63) is 29.8 Å². The minimum Gasteiger partial charge on any atom is -0.399 e. The first-order valence-corrected chi connectivity index (χ1v) is 4.11. The Morgan fingerprint density at radius 1 is 1.50 bits per heavy atom. The molecule has 2 heteroatoms. The van der Waals surface area contributed by atoms with Crippen LogP contribution in [0.25, 0.3) is 0 Å². The van der Waals surface area contributed by atoms with E-state index in [9.17, 15) is 0 Å². The van der Waals surface area contributed by atoms with Crippen LogP contribution in [0.1, 0.15) is 17.3 Å². The minimum absolute atomic E-state index is 0.385. The van der Waals surface area contributed by atoms with Gasteiger partial charge in [-0.1, -0.05) is 28.1 Å². The van der Waals surface area contributed by atoms with Crippen molar-refractivity contribution in [3.63, 3.8) is 0 Å². The van der Waals surface area contributed by atoms with E-state index in [4.69, 9.17) is 5.73 Å². The largest absolute Gasteiger partial charge is 0.399 e. The second-order valence-electron chi connectivity index (χ2n) is 2.29. The number of rotatable bonds is 1. The number of anilines is 1. The lowest BCUT2D eigenvalue weighted by molar-refractivity contribution is 1.13. The molecule has 0 saturated heterocycles. The van der Waals surface area contributed by atoms with E-state index in [0.717, 1.165) is 5.69 Å². The molecule has 0 amide bonds. The fraction of sp³-hybridized carbons (Fsp3) is 0.250. The van der Waals surface area contributed by atoms with Gasteiger partial charge in [0.15, 0.2) is 0 Å². The molecule has 0 spiro atoms. The van der Waals surface area contributed by atoms with Crippen LogP contribution in [0.4, 0.5) is 5.69 Å². The van der Waals surface area contributed by atoms with Gasteiger partial charge in [-0.2, -0.15) is 0 Å². The van der Waals surface area contributed by atoms with E-state index < -0.39 is 0 Å². The average Bonchev–Trinajstić information content (AvgIpc) is 1.88. The Labute approximate surface area is 69.4 Å². The van der Waals surface area contributed by atoms with Crippen molar-refractivity contribution in [1.29, 1.82) is 0 Å². The summed E-state index contributed by atoms with van der Waals surface area (Å²) in [5.74, 6) is 0. The fourth-order valence-electron chi connectivity index (χ4n) is 0.806. The highest BCUT2D eigenvalue weighted by Crippen LogP contribution is 2.22. The molecule has 54 valence electrons. The molecule has 1 aromatic rings. The molecule has 0 saturated carbocycles. The number of halogens is 1. The summed E-state index contributed by atoms with van der Waals surface area (Å²) in [4.78, 5) is 0.385. The van der Waals surface area contributed by atoms with Crippen LogP contribution in [-0.2, 0) is 0 Å². The summed E-state index contributed by atoms with van der Waals surface area (Å²) in [6, 6.07) is 7.87. The van der Waals surface area contributed by atoms with Gasteiger partial charge in [-0.3, -0.25) is 0 Å². The number of hydrogen-bond acceptors (Lipinski definition) is 1. The highest BCUT2D eigenvalue weighted by Gasteiger charge is 1.98. The van der Waals surface area contributed by atoms with Gasteiger partial charge in [-0.15, -0.1) is 0 Å². The lowest BCUT2D eigenvalue weighted by atomic mass is 10.1. The highest BCUT2D eigenvalue weighted by atomic mass is 79.9. The smallest absolute Gasteiger partial charge is 0.0367 e. The molecule has 10 heavy (non-hydrogen) atoms. The Bertz CT molecular complexity index is 220. The van der Waals surface area contributed by atoms with Gasteiger partial charge in [0.05, 0.1) is 0 Å². The third-order valence-corrected chi connectivity index (χ3v) is 1.90. The van der Waals surface area contributed by atoms with Crippen molar-refractivity contribution in [2.24, 2.45) is 0 Å². The summed E-state index contributed by atoms with van der Waals surface area (Å²) >= 11 is 3.46. The Morgan fingerprint density at radius 2 is 2.20 bits per heavy atom. The van der Waals surface area contributed by atoms with Crippen LogP contribution in [0.15, 0.2) is 24.3 Å². The fourth-order valence-corrected chi connectivity index (χ4v) is 1.09. The zero-order valence-electron chi connectivity index (χ0n) is 5.84. The topological polar surface area (TPSA) is 26.0 Å². The van der Waals surface area contributed by atoms with E-state index in [1.165, 1.54) is 5.56 Å². The van der Waals surface area contributed by atoms with Crippen molar-refractivity contribution in [3.8, 4) is 0 Å². The number of nitrogens with two attached hydrogens (primary N) is 1. The second kappa shape index (κ2) is 3.06. The molecule has 2 N–H and O–H groups in total. The lowest BCUT2D eigenvalue weighted by Crippen LogP contribution is -1.87. The van der Waals surface area contributed by atoms with Crippen molar-refractivity contribution in [2.75, 3.05) is 5.73 Å². The molecular weight excluding hydrogens is 190 g/mol. The molecule has 0 aromatic heterocycles. The molecule has 0 fully saturated rings. The van der Waals surface area contributed by atoms with E-state index in [1.807, 2.05) is 18.2 Å². The summed E-state index contributed by atoms with van der Waals surface area (Å²) in [6.07, 6.45) is 0. The predicted molar refractivity (Wildman–Crippen MR) is 48.2 cm³/mol. The minimum atomic E-state index is 0.385. The van der Waals surface area contributed by atoms with Crippen LogP contribution >= 0.6 is 15.9 Å². The summed E-state index contributed by atoms with van der Waals surface area (Å²) < 4.78 is 0. The Balaban J connectivity index is 2.96. The quantitative estimate of drug-likeness (QED) is 0.547. The second-order valence-corrected chi connectivity index (χ2v) is 3.66. The van der Waals surface area contributed by atoms with Crippen LogP contribution in [-0.4, -0.2) is 0 Å². The maximum Gasteiger partial charge on any atom is 0.0367 e. The molecule has 1 rings (SSSR count). The molecule has 0 radical (unpaired) electrons. The molecule has 1 nitrogen and oxygen atoms in total. The van der Waals surface area contributed by atoms with Gasteiger partial charge >= 0.3 is 0 Å². The van der Waals surface area contributed by atoms with Crippen LogP contribution in [0.3, 0.4) is 0 Å². The molecule has 0 heterocycles. The predicted octanol–water partition coefficient (Wildman–Crippen LogP) is 2.72. The Morgan fingerprint density at radius 3 is 2.60 bits per heavy atom. The zero-order chi connectivity index (χ0) is 7.56. The van der Waals surface area contributed by atoms with Crippen molar-refractivity contribution in [1.82, 2.24) is 0 Å². The Hall–Kier alpha value is -0.500. The van der Waals surface area contributed by atoms with Crippen molar-refractivity contribution in [2.45, 2.75) is 11.8 Å². The van der Waals surface area contributed by atoms with Gasteiger partial charge in [0, 0.05) is 10.5 Å². The molecule has 0 bridgehead atoms. The number of hydrogen-bond donors (Lipinski definition) is 1. The standard InChI is InChI=1S/C8H10BrN/c1-6(9)7-3-2-4-8(10)5-7/h2-6H,10H2,1H3. The monoisotopic (exact) mass is 199 g/mol. The number of benzene rings is 1. The molecule has 0 aliphatic rings. The molecule has 1 aromatic carbocycles. The third kappa shape index (κ3) is 1.74. The first-order chi connectivity index (χ1) is 4.70. The molecule has 0 aliphatic carbocycles. The molecule has 1 unspecified atom stereocenters. The van der Waals surface area contributed by atoms with Gasteiger partial charge < -0.3 is 5.73 Å². The van der Waals surface area contributed by atoms with E-state index in [2.05, 4.69) is 28.9 Å². The maximum atomic E-state index is 5.58. The van der Waals surface area contributed by atoms with Gasteiger partial charge in [0.2, 0.25) is 0 Å². The van der Waals surface area contributed by atoms with E-state index in [0.29, 0.717) is 4.83 Å². The average molecular weight is 200 g/mol. The van der Waals surface area contributed by atoms with Crippen molar-refractivity contribution >= 4 is 21.6 Å². The third-order valence-electron chi connectivity index (χ3n) is 1.37. The Kier molecular flexibility index (Phi) is 2.33. The molecular formula is C8H10BrN. The lowest BCUT2D eigenvalue weighted by Gasteiger charge is -2.02. The molecule has 0 aliphatic heterocycles. The first-order valence-electron chi connectivity index (χ1n) is 3.19. The summed E-state index contributed by atoms with van der Waals surface area (Å²) in [5, 5.41) is 0. The van der Waals surface area contributed by atoms with E-state index in [1.54, 1.807) is 0 Å². The SMILES string of the molecule is CC(Br)c1cccc(N)c1. The maximum absolute atomic E-state index is 5.58. The van der Waals surface area contributed by atoms with Gasteiger partial charge in [-0.05, 0) is 24.6 Å².